The highest BCUT2D eigenvalue weighted by Crippen LogP contribution is 2.33. The third-order valence-electron chi connectivity index (χ3n) is 5.99. The van der Waals surface area contributed by atoms with Gasteiger partial charge in [-0.2, -0.15) is 0 Å². The maximum Gasteiger partial charge on any atom is 0.248 e. The number of likely N-dealkylation sites (tertiary alicyclic amines) is 2. The van der Waals surface area contributed by atoms with E-state index >= 15 is 0 Å². The molecule has 3 rings (SSSR count). The number of rotatable bonds is 6. The highest BCUT2D eigenvalue weighted by atomic mass is 16.5. The van der Waals surface area contributed by atoms with Crippen molar-refractivity contribution in [3.05, 3.63) is 35.9 Å². The number of carbonyl (C=O) groups is 3. The van der Waals surface area contributed by atoms with Crippen LogP contribution >= 0.6 is 0 Å². The maximum absolute atomic E-state index is 12.9. The number of hydrogen-bond acceptors (Lipinski definition) is 4. The van der Waals surface area contributed by atoms with Gasteiger partial charge in [-0.1, -0.05) is 30.3 Å². The van der Waals surface area contributed by atoms with E-state index in [-0.39, 0.29) is 30.3 Å². The van der Waals surface area contributed by atoms with Gasteiger partial charge in [0.05, 0.1) is 0 Å². The molecule has 0 aliphatic carbocycles. The van der Waals surface area contributed by atoms with Crippen LogP contribution in [0.5, 0.6) is 0 Å². The van der Waals surface area contributed by atoms with Gasteiger partial charge in [0, 0.05) is 39.6 Å². The standard InChI is InChI=1S/C21H29N3O4/c1-28-14-20(26)23-9-7-16-12-19(25)24(10-8-17(16)13-23)18(21(22)27)11-15-5-3-2-4-6-15/h2-6,16-18H,7-14H2,1H3,(H2,22,27)/t16-,17+,18+/m1/s1. The Morgan fingerprint density at radius 2 is 1.89 bits per heavy atom. The molecule has 7 heteroatoms. The second kappa shape index (κ2) is 9.19. The van der Waals surface area contributed by atoms with Crippen LogP contribution in [0.4, 0.5) is 0 Å². The van der Waals surface area contributed by atoms with Crippen molar-refractivity contribution in [3.8, 4) is 0 Å². The minimum Gasteiger partial charge on any atom is -0.375 e. The van der Waals surface area contributed by atoms with E-state index in [1.54, 1.807) is 4.90 Å². The number of amides is 3. The molecule has 0 saturated carbocycles. The van der Waals surface area contributed by atoms with Crippen molar-refractivity contribution in [1.29, 1.82) is 0 Å². The molecule has 0 radical (unpaired) electrons. The Morgan fingerprint density at radius 1 is 1.18 bits per heavy atom. The molecule has 152 valence electrons. The van der Waals surface area contributed by atoms with Gasteiger partial charge in [-0.15, -0.1) is 0 Å². The summed E-state index contributed by atoms with van der Waals surface area (Å²) < 4.78 is 4.96. The van der Waals surface area contributed by atoms with Gasteiger partial charge in [-0.05, 0) is 30.2 Å². The van der Waals surface area contributed by atoms with E-state index in [1.165, 1.54) is 7.11 Å². The van der Waals surface area contributed by atoms with Crippen LogP contribution in [0.3, 0.4) is 0 Å². The number of primary amides is 1. The second-order valence-electron chi connectivity index (χ2n) is 7.77. The molecule has 2 fully saturated rings. The summed E-state index contributed by atoms with van der Waals surface area (Å²) in [6.45, 7) is 1.88. The molecule has 2 aliphatic rings. The van der Waals surface area contributed by atoms with Gasteiger partial charge in [-0.25, -0.2) is 0 Å². The fourth-order valence-corrected chi connectivity index (χ4v) is 4.42. The molecular weight excluding hydrogens is 358 g/mol. The quantitative estimate of drug-likeness (QED) is 0.782. The first-order valence-corrected chi connectivity index (χ1v) is 9.89. The Labute approximate surface area is 165 Å². The third kappa shape index (κ3) is 4.70. The normalized spacial score (nSPS) is 23.7. The summed E-state index contributed by atoms with van der Waals surface area (Å²) in [5.74, 6) is 0.0125. The summed E-state index contributed by atoms with van der Waals surface area (Å²) in [6, 6.07) is 8.99. The molecule has 0 bridgehead atoms. The van der Waals surface area contributed by atoms with Gasteiger partial charge in [0.2, 0.25) is 17.7 Å². The van der Waals surface area contributed by atoms with Crippen molar-refractivity contribution >= 4 is 17.7 Å². The number of piperidine rings is 1. The molecule has 28 heavy (non-hydrogen) atoms. The first-order valence-electron chi connectivity index (χ1n) is 9.89. The third-order valence-corrected chi connectivity index (χ3v) is 5.99. The van der Waals surface area contributed by atoms with Crippen LogP contribution in [-0.2, 0) is 25.5 Å². The topological polar surface area (TPSA) is 92.9 Å². The lowest BCUT2D eigenvalue weighted by atomic mass is 9.82. The summed E-state index contributed by atoms with van der Waals surface area (Å²) in [5, 5.41) is 0. The molecule has 3 atom stereocenters. The van der Waals surface area contributed by atoms with E-state index in [0.717, 1.165) is 18.4 Å². The van der Waals surface area contributed by atoms with Crippen LogP contribution in [-0.4, -0.2) is 66.9 Å². The first-order chi connectivity index (χ1) is 13.5. The van der Waals surface area contributed by atoms with Crippen LogP contribution in [0.15, 0.2) is 30.3 Å². The Morgan fingerprint density at radius 3 is 2.57 bits per heavy atom. The van der Waals surface area contributed by atoms with Gasteiger partial charge in [-0.3, -0.25) is 14.4 Å². The number of nitrogens with zero attached hydrogens (tertiary/aromatic N) is 2. The van der Waals surface area contributed by atoms with Crippen molar-refractivity contribution in [2.75, 3.05) is 33.4 Å². The van der Waals surface area contributed by atoms with E-state index < -0.39 is 11.9 Å². The average Bonchev–Trinajstić information content (AvgIpc) is 2.84. The summed E-state index contributed by atoms with van der Waals surface area (Å²) in [5.41, 5.74) is 6.65. The lowest BCUT2D eigenvalue weighted by Gasteiger charge is -2.37. The Hall–Kier alpha value is -2.41. The van der Waals surface area contributed by atoms with Crippen LogP contribution in [0.2, 0.25) is 0 Å². The molecule has 7 nitrogen and oxygen atoms in total. The number of nitrogens with two attached hydrogens (primary N) is 1. The molecule has 2 N–H and O–H groups in total. The maximum atomic E-state index is 12.9. The van der Waals surface area contributed by atoms with Crippen molar-refractivity contribution in [2.45, 2.75) is 31.7 Å². The van der Waals surface area contributed by atoms with E-state index in [1.807, 2.05) is 35.2 Å². The monoisotopic (exact) mass is 387 g/mol. The van der Waals surface area contributed by atoms with Crippen molar-refractivity contribution in [3.63, 3.8) is 0 Å². The van der Waals surface area contributed by atoms with E-state index in [4.69, 9.17) is 10.5 Å². The second-order valence-corrected chi connectivity index (χ2v) is 7.77. The highest BCUT2D eigenvalue weighted by Gasteiger charge is 2.39. The minimum absolute atomic E-state index is 0.00697. The minimum atomic E-state index is -0.638. The molecule has 0 spiro atoms. The van der Waals surface area contributed by atoms with Crippen LogP contribution in [0, 0.1) is 11.8 Å². The molecule has 2 aliphatic heterocycles. The molecule has 0 aromatic heterocycles. The van der Waals surface area contributed by atoms with Gasteiger partial charge >= 0.3 is 0 Å². The highest BCUT2D eigenvalue weighted by molar-refractivity contribution is 5.87. The van der Waals surface area contributed by atoms with Gasteiger partial charge < -0.3 is 20.3 Å². The number of carbonyl (C=O) groups excluding carboxylic acids is 3. The molecule has 1 aromatic rings. The van der Waals surface area contributed by atoms with Gasteiger partial charge in [0.1, 0.15) is 12.6 Å². The van der Waals surface area contributed by atoms with Gasteiger partial charge in [0.15, 0.2) is 0 Å². The number of hydrogen-bond donors (Lipinski definition) is 1. The fourth-order valence-electron chi connectivity index (χ4n) is 4.42. The fraction of sp³-hybridized carbons (Fsp3) is 0.571. The SMILES string of the molecule is COCC(=O)N1CC[C@@H]2CC(=O)N([C@@H](Cc3ccccc3)C(N)=O)CC[C@H]2C1. The van der Waals surface area contributed by atoms with Crippen LogP contribution < -0.4 is 5.73 Å². The lowest BCUT2D eigenvalue weighted by Crippen LogP contribution is -2.49. The van der Waals surface area contributed by atoms with Crippen molar-refractivity contribution in [2.24, 2.45) is 17.6 Å². The first kappa shape index (κ1) is 20.3. The Bertz CT molecular complexity index is 709. The zero-order valence-corrected chi connectivity index (χ0v) is 16.4. The van der Waals surface area contributed by atoms with E-state index in [2.05, 4.69) is 0 Å². The number of methoxy groups -OCH3 is 1. The van der Waals surface area contributed by atoms with E-state index in [9.17, 15) is 14.4 Å². The molecule has 2 heterocycles. The van der Waals surface area contributed by atoms with Crippen molar-refractivity contribution < 1.29 is 19.1 Å². The smallest absolute Gasteiger partial charge is 0.248 e. The predicted molar refractivity (Wildman–Crippen MR) is 104 cm³/mol. The molecule has 1 aromatic carbocycles. The largest absolute Gasteiger partial charge is 0.375 e. The molecule has 2 saturated heterocycles. The number of benzene rings is 1. The average molecular weight is 387 g/mol. The summed E-state index contributed by atoms with van der Waals surface area (Å²) in [4.78, 5) is 40.7. The van der Waals surface area contributed by atoms with Crippen molar-refractivity contribution in [1.82, 2.24) is 9.80 Å². The van der Waals surface area contributed by atoms with Crippen LogP contribution in [0.1, 0.15) is 24.8 Å². The zero-order valence-electron chi connectivity index (χ0n) is 16.4. The summed E-state index contributed by atoms with van der Waals surface area (Å²) in [7, 11) is 1.52. The molecule has 3 amide bonds. The Kier molecular flexibility index (Phi) is 6.67. The lowest BCUT2D eigenvalue weighted by molar-refractivity contribution is -0.140. The predicted octanol–water partition coefficient (Wildman–Crippen LogP) is 0.817. The molecule has 0 unspecified atom stereocenters. The number of ether oxygens (including phenoxy) is 1. The zero-order chi connectivity index (χ0) is 20.1. The number of fused-ring (bicyclic) bond motifs is 1. The van der Waals surface area contributed by atoms with Crippen LogP contribution in [0.25, 0.3) is 0 Å². The Balaban J connectivity index is 1.70. The van der Waals surface area contributed by atoms with Gasteiger partial charge in [0.25, 0.3) is 0 Å². The summed E-state index contributed by atoms with van der Waals surface area (Å²) in [6.07, 6.45) is 2.41. The molecular formula is C21H29N3O4. The van der Waals surface area contributed by atoms with E-state index in [0.29, 0.717) is 32.5 Å². The summed E-state index contributed by atoms with van der Waals surface area (Å²) >= 11 is 0.